The average molecular weight is 410 g/mol. The minimum atomic E-state index is -3.61. The molecule has 1 aromatic heterocycles. The van der Waals surface area contributed by atoms with Crippen LogP contribution >= 0.6 is 0 Å². The lowest BCUT2D eigenvalue weighted by Crippen LogP contribution is -2.23. The minimum Gasteiger partial charge on any atom is -0.342 e. The summed E-state index contributed by atoms with van der Waals surface area (Å²) in [5.74, 6) is 1.21. The second-order valence-corrected chi connectivity index (χ2v) is 8.87. The highest BCUT2D eigenvalue weighted by molar-refractivity contribution is 7.89. The number of nitrogens with one attached hydrogen (secondary N) is 3. The topological polar surface area (TPSA) is 104 Å². The van der Waals surface area contributed by atoms with Gasteiger partial charge in [0.05, 0.1) is 15.9 Å². The third kappa shape index (κ3) is 4.08. The van der Waals surface area contributed by atoms with Crippen LogP contribution < -0.4 is 10.0 Å². The van der Waals surface area contributed by atoms with E-state index in [-0.39, 0.29) is 17.3 Å². The van der Waals surface area contributed by atoms with Gasteiger partial charge in [0, 0.05) is 23.7 Å². The van der Waals surface area contributed by atoms with Crippen LogP contribution in [0.15, 0.2) is 60.0 Å². The maximum atomic E-state index is 12.5. The van der Waals surface area contributed by atoms with E-state index in [0.29, 0.717) is 17.2 Å². The molecule has 1 aliphatic carbocycles. The summed E-state index contributed by atoms with van der Waals surface area (Å²) in [6, 6.07) is 11.3. The number of fused-ring (bicyclic) bond motifs is 1. The molecular weight excluding hydrogens is 388 g/mol. The number of carbonyl (C=O) groups excluding carboxylic acids is 1. The van der Waals surface area contributed by atoms with E-state index in [2.05, 4.69) is 26.6 Å². The van der Waals surface area contributed by atoms with Gasteiger partial charge in [-0.05, 0) is 55.3 Å². The van der Waals surface area contributed by atoms with Crippen LogP contribution in [0, 0.1) is 0 Å². The van der Waals surface area contributed by atoms with Crippen LogP contribution in [0.2, 0.25) is 0 Å². The van der Waals surface area contributed by atoms with Crippen molar-refractivity contribution in [1.29, 1.82) is 0 Å². The molecule has 3 N–H and O–H groups in total. The number of aromatic nitrogens is 2. The fourth-order valence-electron chi connectivity index (χ4n) is 3.22. The molecule has 1 fully saturated rings. The fourth-order valence-corrected chi connectivity index (χ4v) is 4.22. The van der Waals surface area contributed by atoms with Crippen LogP contribution in [0.25, 0.3) is 11.0 Å². The number of benzene rings is 2. The molecule has 0 bridgehead atoms. The Morgan fingerprint density at radius 1 is 1.21 bits per heavy atom. The highest BCUT2D eigenvalue weighted by Gasteiger charge is 2.22. The van der Waals surface area contributed by atoms with Gasteiger partial charge in [0.15, 0.2) is 0 Å². The summed E-state index contributed by atoms with van der Waals surface area (Å²) in [6.45, 7) is 3.63. The van der Waals surface area contributed by atoms with Crippen LogP contribution in [-0.2, 0) is 10.0 Å². The molecule has 29 heavy (non-hydrogen) atoms. The van der Waals surface area contributed by atoms with Crippen molar-refractivity contribution in [3.63, 3.8) is 0 Å². The van der Waals surface area contributed by atoms with Crippen molar-refractivity contribution in [2.24, 2.45) is 0 Å². The molecule has 7 nitrogen and oxygen atoms in total. The second-order valence-electron chi connectivity index (χ2n) is 7.10. The number of hydrogen-bond donors (Lipinski definition) is 3. The molecule has 0 unspecified atom stereocenters. The number of nitrogens with zero attached hydrogens (tertiary/aromatic N) is 1. The normalized spacial score (nSPS) is 14.5. The Kier molecular flexibility index (Phi) is 5.21. The summed E-state index contributed by atoms with van der Waals surface area (Å²) < 4.78 is 26.6. The summed E-state index contributed by atoms with van der Waals surface area (Å²) in [6.07, 6.45) is 5.04. The van der Waals surface area contributed by atoms with Crippen LogP contribution in [0.1, 0.15) is 41.4 Å². The van der Waals surface area contributed by atoms with Crippen molar-refractivity contribution >= 4 is 32.7 Å². The van der Waals surface area contributed by atoms with E-state index < -0.39 is 10.0 Å². The van der Waals surface area contributed by atoms with Gasteiger partial charge >= 0.3 is 0 Å². The summed E-state index contributed by atoms with van der Waals surface area (Å²) in [7, 11) is -3.61. The smallest absolute Gasteiger partial charge is 0.255 e. The Hall–Kier alpha value is -2.97. The molecule has 8 heteroatoms. The molecule has 150 valence electrons. The molecule has 1 amide bonds. The highest BCUT2D eigenvalue weighted by Crippen LogP contribution is 2.35. The van der Waals surface area contributed by atoms with Gasteiger partial charge in [0.1, 0.15) is 5.82 Å². The maximum Gasteiger partial charge on any atom is 0.255 e. The monoisotopic (exact) mass is 410 g/mol. The van der Waals surface area contributed by atoms with Crippen LogP contribution in [0.4, 0.5) is 5.69 Å². The van der Waals surface area contributed by atoms with Gasteiger partial charge in [0.2, 0.25) is 10.0 Å². The number of carbonyl (C=O) groups is 1. The molecule has 0 saturated heterocycles. The molecule has 1 heterocycles. The average Bonchev–Trinajstić information content (AvgIpc) is 3.07. The standard InChI is InChI=1S/C21H22N4O3S/c1-2-12-22-29(27,28)17-9-6-15(7-10-17)21(26)23-16-8-11-18-19(13-16)25-20(24-18)14-4-3-5-14/h2,6-11,13-14,22H,1,3-5,12H2,(H,23,26)(H,24,25). The first-order chi connectivity index (χ1) is 14.0. The number of hydrogen-bond acceptors (Lipinski definition) is 4. The number of aromatic amines is 1. The summed E-state index contributed by atoms with van der Waals surface area (Å²) in [5, 5.41) is 2.84. The number of anilines is 1. The van der Waals surface area contributed by atoms with Crippen LogP contribution in [0.3, 0.4) is 0 Å². The molecule has 0 spiro atoms. The van der Waals surface area contributed by atoms with Gasteiger partial charge in [-0.3, -0.25) is 4.79 Å². The van der Waals surface area contributed by atoms with Crippen molar-refractivity contribution in [3.8, 4) is 0 Å². The van der Waals surface area contributed by atoms with E-state index >= 15 is 0 Å². The molecule has 2 aromatic carbocycles. The Balaban J connectivity index is 1.48. The first-order valence-electron chi connectivity index (χ1n) is 9.48. The van der Waals surface area contributed by atoms with Crippen molar-refractivity contribution in [1.82, 2.24) is 14.7 Å². The number of H-pyrrole nitrogens is 1. The second kappa shape index (κ2) is 7.81. The third-order valence-electron chi connectivity index (χ3n) is 5.09. The Bertz CT molecular complexity index is 1160. The van der Waals surface area contributed by atoms with E-state index in [1.54, 1.807) is 0 Å². The molecule has 0 atom stereocenters. The number of rotatable bonds is 7. The SMILES string of the molecule is C=CCNS(=O)(=O)c1ccc(C(=O)Nc2ccc3nc(C4CCC4)[nH]c3c2)cc1. The maximum absolute atomic E-state index is 12.5. The van der Waals surface area contributed by atoms with Crippen molar-refractivity contribution in [2.75, 3.05) is 11.9 Å². The lowest BCUT2D eigenvalue weighted by atomic mass is 9.85. The van der Waals surface area contributed by atoms with Gasteiger partial charge < -0.3 is 10.3 Å². The number of sulfonamides is 1. The Labute approximate surface area is 169 Å². The highest BCUT2D eigenvalue weighted by atomic mass is 32.2. The molecule has 1 saturated carbocycles. The quantitative estimate of drug-likeness (QED) is 0.518. The molecule has 3 aromatic rings. The summed E-state index contributed by atoms with van der Waals surface area (Å²) >= 11 is 0. The number of amides is 1. The van der Waals surface area contributed by atoms with Gasteiger partial charge in [-0.2, -0.15) is 0 Å². The van der Waals surface area contributed by atoms with E-state index in [9.17, 15) is 13.2 Å². The van der Waals surface area contributed by atoms with Crippen molar-refractivity contribution < 1.29 is 13.2 Å². The molecule has 1 aliphatic rings. The zero-order chi connectivity index (χ0) is 20.4. The predicted octanol–water partition coefficient (Wildman–Crippen LogP) is 3.55. The molecule has 0 aliphatic heterocycles. The Morgan fingerprint density at radius 2 is 1.97 bits per heavy atom. The van der Waals surface area contributed by atoms with Crippen molar-refractivity contribution in [2.45, 2.75) is 30.1 Å². The van der Waals surface area contributed by atoms with E-state index in [0.717, 1.165) is 29.7 Å². The summed E-state index contributed by atoms with van der Waals surface area (Å²) in [4.78, 5) is 20.6. The fraction of sp³-hybridized carbons (Fsp3) is 0.238. The number of imidazole rings is 1. The van der Waals surface area contributed by atoms with Gasteiger partial charge in [-0.1, -0.05) is 12.5 Å². The lowest BCUT2D eigenvalue weighted by molar-refractivity contribution is 0.102. The van der Waals surface area contributed by atoms with Crippen molar-refractivity contribution in [3.05, 3.63) is 66.5 Å². The zero-order valence-electron chi connectivity index (χ0n) is 15.8. The molecule has 4 rings (SSSR count). The first-order valence-corrected chi connectivity index (χ1v) is 11.0. The van der Waals surface area contributed by atoms with Gasteiger partial charge in [-0.15, -0.1) is 6.58 Å². The van der Waals surface area contributed by atoms with E-state index in [1.165, 1.54) is 36.8 Å². The van der Waals surface area contributed by atoms with Gasteiger partial charge in [0.25, 0.3) is 5.91 Å². The van der Waals surface area contributed by atoms with Gasteiger partial charge in [-0.25, -0.2) is 18.1 Å². The minimum absolute atomic E-state index is 0.0957. The predicted molar refractivity (Wildman–Crippen MR) is 112 cm³/mol. The Morgan fingerprint density at radius 3 is 2.62 bits per heavy atom. The van der Waals surface area contributed by atoms with Crippen LogP contribution in [-0.4, -0.2) is 30.8 Å². The van der Waals surface area contributed by atoms with E-state index in [1.807, 2.05) is 18.2 Å². The lowest BCUT2D eigenvalue weighted by Gasteiger charge is -2.22. The largest absolute Gasteiger partial charge is 0.342 e. The van der Waals surface area contributed by atoms with E-state index in [4.69, 9.17) is 0 Å². The third-order valence-corrected chi connectivity index (χ3v) is 6.53. The molecule has 0 radical (unpaired) electrons. The zero-order valence-corrected chi connectivity index (χ0v) is 16.6. The van der Waals surface area contributed by atoms with Crippen LogP contribution in [0.5, 0.6) is 0 Å². The summed E-state index contributed by atoms with van der Waals surface area (Å²) in [5.41, 5.74) is 2.79. The molecular formula is C21H22N4O3S. The first kappa shape index (κ1) is 19.4.